The first-order valence-electron chi connectivity index (χ1n) is 10.6. The van der Waals surface area contributed by atoms with Crippen LogP contribution >= 0.6 is 0 Å². The second-order valence-corrected chi connectivity index (χ2v) is 8.64. The van der Waals surface area contributed by atoms with Crippen LogP contribution in [0.15, 0.2) is 66.2 Å². The number of carbonyl (C=O) groups is 1. The van der Waals surface area contributed by atoms with E-state index in [-0.39, 0.29) is 29.7 Å². The number of benzene rings is 2. The number of rotatable bonds is 7. The Morgan fingerprint density at radius 1 is 1.03 bits per heavy atom. The van der Waals surface area contributed by atoms with Gasteiger partial charge < -0.3 is 18.9 Å². The van der Waals surface area contributed by atoms with E-state index in [0.29, 0.717) is 18.6 Å². The van der Waals surface area contributed by atoms with Gasteiger partial charge in [-0.05, 0) is 54.2 Å². The van der Waals surface area contributed by atoms with Crippen molar-refractivity contribution in [1.82, 2.24) is 0 Å². The van der Waals surface area contributed by atoms with E-state index < -0.39 is 0 Å². The van der Waals surface area contributed by atoms with Crippen LogP contribution in [0, 0.1) is 5.41 Å². The molecule has 0 fully saturated rings. The summed E-state index contributed by atoms with van der Waals surface area (Å²) in [4.78, 5) is 12.7. The second kappa shape index (κ2) is 10.1. The second-order valence-electron chi connectivity index (χ2n) is 8.64. The first kappa shape index (κ1) is 23.0. The van der Waals surface area contributed by atoms with Gasteiger partial charge in [0.1, 0.15) is 18.0 Å². The number of esters is 1. The smallest absolute Gasteiger partial charge is 0.338 e. The normalized spacial score (nSPS) is 22.9. The highest BCUT2D eigenvalue weighted by Crippen LogP contribution is 2.38. The van der Waals surface area contributed by atoms with Crippen LogP contribution in [0.5, 0.6) is 5.75 Å². The van der Waals surface area contributed by atoms with Crippen LogP contribution in [0.3, 0.4) is 0 Å². The molecule has 0 saturated heterocycles. The molecule has 166 valence electrons. The Morgan fingerprint density at radius 3 is 2.32 bits per heavy atom. The summed E-state index contributed by atoms with van der Waals surface area (Å²) in [5, 5.41) is 0. The van der Waals surface area contributed by atoms with Crippen LogP contribution in [-0.4, -0.2) is 38.5 Å². The van der Waals surface area contributed by atoms with Crippen molar-refractivity contribution in [2.75, 3.05) is 14.2 Å². The van der Waals surface area contributed by atoms with Gasteiger partial charge in [-0.3, -0.25) is 0 Å². The third-order valence-electron chi connectivity index (χ3n) is 5.83. The molecule has 0 heterocycles. The fourth-order valence-corrected chi connectivity index (χ4v) is 4.06. The standard InChI is InChI=1S/C26H32O5/c1-18-15-22(30-17-19-11-13-21(28-4)14-12-19)24(29-5)26(2,3)16-23(18)31-25(27)20-9-7-6-8-10-20/h6-15,22-24H,16-17H2,1-5H3. The Kier molecular flexibility index (Phi) is 7.52. The van der Waals surface area contributed by atoms with Gasteiger partial charge in [0.15, 0.2) is 0 Å². The minimum absolute atomic E-state index is 0.180. The zero-order chi connectivity index (χ0) is 22.4. The number of hydrogen-bond acceptors (Lipinski definition) is 5. The Morgan fingerprint density at radius 2 is 1.71 bits per heavy atom. The summed E-state index contributed by atoms with van der Waals surface area (Å²) in [6, 6.07) is 16.9. The topological polar surface area (TPSA) is 54.0 Å². The van der Waals surface area contributed by atoms with Crippen molar-refractivity contribution in [3.8, 4) is 5.75 Å². The van der Waals surface area contributed by atoms with Crippen molar-refractivity contribution in [1.29, 1.82) is 0 Å². The minimum Gasteiger partial charge on any atom is -0.497 e. The van der Waals surface area contributed by atoms with Crippen LogP contribution < -0.4 is 4.74 Å². The molecule has 0 N–H and O–H groups in total. The van der Waals surface area contributed by atoms with Crippen molar-refractivity contribution in [3.63, 3.8) is 0 Å². The quantitative estimate of drug-likeness (QED) is 0.452. The highest BCUT2D eigenvalue weighted by atomic mass is 16.5. The van der Waals surface area contributed by atoms with E-state index in [2.05, 4.69) is 13.8 Å². The van der Waals surface area contributed by atoms with E-state index in [1.54, 1.807) is 26.4 Å². The van der Waals surface area contributed by atoms with Crippen molar-refractivity contribution in [2.45, 2.75) is 52.1 Å². The monoisotopic (exact) mass is 424 g/mol. The molecule has 1 aliphatic carbocycles. The van der Waals surface area contributed by atoms with Gasteiger partial charge in [0, 0.05) is 7.11 Å². The molecule has 0 aromatic heterocycles. The third-order valence-corrected chi connectivity index (χ3v) is 5.83. The Balaban J connectivity index is 1.77. The van der Waals surface area contributed by atoms with Crippen molar-refractivity contribution in [2.24, 2.45) is 5.41 Å². The van der Waals surface area contributed by atoms with E-state index in [0.717, 1.165) is 16.9 Å². The minimum atomic E-state index is -0.338. The molecule has 2 aromatic rings. The molecule has 1 aliphatic rings. The highest BCUT2D eigenvalue weighted by Gasteiger charge is 2.42. The van der Waals surface area contributed by atoms with Gasteiger partial charge in [-0.15, -0.1) is 0 Å². The van der Waals surface area contributed by atoms with Gasteiger partial charge in [0.05, 0.1) is 25.4 Å². The molecule has 5 heteroatoms. The Bertz CT molecular complexity index is 886. The van der Waals surface area contributed by atoms with Crippen LogP contribution in [-0.2, 0) is 20.8 Å². The predicted molar refractivity (Wildman–Crippen MR) is 120 cm³/mol. The molecule has 0 radical (unpaired) electrons. The summed E-state index contributed by atoms with van der Waals surface area (Å²) < 4.78 is 23.3. The molecule has 3 unspecified atom stereocenters. The zero-order valence-corrected chi connectivity index (χ0v) is 19.0. The van der Waals surface area contributed by atoms with Gasteiger partial charge in [0.25, 0.3) is 0 Å². The maximum Gasteiger partial charge on any atom is 0.338 e. The highest BCUT2D eigenvalue weighted by molar-refractivity contribution is 5.89. The lowest BCUT2D eigenvalue weighted by Gasteiger charge is -2.36. The Labute approximate surface area is 185 Å². The number of ether oxygens (including phenoxy) is 4. The van der Waals surface area contributed by atoms with Crippen LogP contribution in [0.4, 0.5) is 0 Å². The predicted octanol–water partition coefficient (Wildman–Crippen LogP) is 5.20. The van der Waals surface area contributed by atoms with Gasteiger partial charge in [-0.1, -0.05) is 50.3 Å². The molecule has 0 saturated carbocycles. The summed E-state index contributed by atoms with van der Waals surface area (Å²) in [6.07, 6.45) is 1.91. The van der Waals surface area contributed by atoms with Gasteiger partial charge in [-0.2, -0.15) is 0 Å². The molecular formula is C26H32O5. The first-order chi connectivity index (χ1) is 14.8. The molecule has 0 amide bonds. The average Bonchev–Trinajstić information content (AvgIpc) is 2.86. The SMILES string of the molecule is COc1ccc(COC2C=C(C)C(OC(=O)c3ccccc3)CC(C)(C)C2OC)cc1. The van der Waals surface area contributed by atoms with E-state index in [4.69, 9.17) is 18.9 Å². The molecule has 3 atom stereocenters. The fourth-order valence-electron chi connectivity index (χ4n) is 4.06. The number of carbonyl (C=O) groups excluding carboxylic acids is 1. The molecule has 31 heavy (non-hydrogen) atoms. The number of hydrogen-bond donors (Lipinski definition) is 0. The molecule has 2 aromatic carbocycles. The summed E-state index contributed by atoms with van der Waals surface area (Å²) in [5.41, 5.74) is 2.30. The summed E-state index contributed by atoms with van der Waals surface area (Å²) in [7, 11) is 3.35. The van der Waals surface area contributed by atoms with Crippen molar-refractivity contribution in [3.05, 3.63) is 77.4 Å². The van der Waals surface area contributed by atoms with Crippen LogP contribution in [0.25, 0.3) is 0 Å². The van der Waals surface area contributed by atoms with E-state index in [9.17, 15) is 4.79 Å². The van der Waals surface area contributed by atoms with E-state index in [1.807, 2.05) is 55.5 Å². The largest absolute Gasteiger partial charge is 0.497 e. The third kappa shape index (κ3) is 5.75. The van der Waals surface area contributed by atoms with Crippen LogP contribution in [0.1, 0.15) is 43.1 Å². The zero-order valence-electron chi connectivity index (χ0n) is 19.0. The summed E-state index contributed by atoms with van der Waals surface area (Å²) in [6.45, 7) is 6.69. The Hall–Kier alpha value is -2.63. The summed E-state index contributed by atoms with van der Waals surface area (Å²) in [5.74, 6) is 0.494. The van der Waals surface area contributed by atoms with Gasteiger partial charge in [0.2, 0.25) is 0 Å². The average molecular weight is 425 g/mol. The lowest BCUT2D eigenvalue weighted by molar-refractivity contribution is -0.0961. The lowest BCUT2D eigenvalue weighted by Crippen LogP contribution is -2.42. The molecule has 0 aliphatic heterocycles. The maximum absolute atomic E-state index is 12.7. The molecular weight excluding hydrogens is 392 g/mol. The van der Waals surface area contributed by atoms with Crippen LogP contribution in [0.2, 0.25) is 0 Å². The van der Waals surface area contributed by atoms with E-state index >= 15 is 0 Å². The molecule has 0 bridgehead atoms. The lowest BCUT2D eigenvalue weighted by atomic mass is 9.80. The number of methoxy groups -OCH3 is 2. The van der Waals surface area contributed by atoms with Gasteiger partial charge >= 0.3 is 5.97 Å². The van der Waals surface area contributed by atoms with Crippen molar-refractivity contribution >= 4 is 5.97 Å². The fraction of sp³-hybridized carbons (Fsp3) is 0.423. The van der Waals surface area contributed by atoms with E-state index in [1.165, 1.54) is 0 Å². The van der Waals surface area contributed by atoms with Crippen molar-refractivity contribution < 1.29 is 23.7 Å². The van der Waals surface area contributed by atoms with Gasteiger partial charge in [-0.25, -0.2) is 4.79 Å². The molecule has 5 nitrogen and oxygen atoms in total. The molecule has 0 spiro atoms. The first-order valence-corrected chi connectivity index (χ1v) is 10.6. The molecule has 3 rings (SSSR count). The maximum atomic E-state index is 12.7. The summed E-state index contributed by atoms with van der Waals surface area (Å²) >= 11 is 0.